The highest BCUT2D eigenvalue weighted by atomic mass is 16.5. The fourth-order valence-electron chi connectivity index (χ4n) is 2.76. The molecule has 0 aliphatic carbocycles. The van der Waals surface area contributed by atoms with E-state index in [9.17, 15) is 0 Å². The van der Waals surface area contributed by atoms with Crippen molar-refractivity contribution in [3.8, 4) is 17.6 Å². The zero-order chi connectivity index (χ0) is 15.9. The Hall–Kier alpha value is -2.22. The predicted molar refractivity (Wildman–Crippen MR) is 86.3 cm³/mol. The van der Waals surface area contributed by atoms with Crippen molar-refractivity contribution in [1.29, 1.82) is 5.26 Å². The molecule has 1 heterocycles. The molecule has 0 amide bonds. The minimum atomic E-state index is 0.00655. The molecule has 0 spiro atoms. The van der Waals surface area contributed by atoms with Crippen LogP contribution < -0.4 is 9.47 Å². The summed E-state index contributed by atoms with van der Waals surface area (Å²) in [6.45, 7) is 4.44. The van der Waals surface area contributed by atoms with E-state index in [0.717, 1.165) is 5.56 Å². The topological polar surface area (TPSA) is 57.9 Å². The summed E-state index contributed by atoms with van der Waals surface area (Å²) in [7, 11) is 1.59. The molecular weight excluding hydrogens is 278 g/mol. The van der Waals surface area contributed by atoms with Crippen molar-refractivity contribution in [2.75, 3.05) is 13.7 Å². The number of nitrogens with zero attached hydrogens (tertiary/aromatic N) is 3. The summed E-state index contributed by atoms with van der Waals surface area (Å²) in [4.78, 5) is 0. The van der Waals surface area contributed by atoms with Crippen LogP contribution in [-0.4, -0.2) is 37.0 Å². The Morgan fingerprint density at radius 2 is 2.05 bits per heavy atom. The molecule has 22 heavy (non-hydrogen) atoms. The lowest BCUT2D eigenvalue weighted by molar-refractivity contribution is 0.109. The third-order valence-corrected chi connectivity index (χ3v) is 3.97. The molecule has 5 nitrogen and oxygen atoms in total. The summed E-state index contributed by atoms with van der Waals surface area (Å²) < 4.78 is 10.6. The number of methoxy groups -OCH3 is 1. The van der Waals surface area contributed by atoms with Gasteiger partial charge in [-0.05, 0) is 56.9 Å². The van der Waals surface area contributed by atoms with Crippen molar-refractivity contribution in [3.63, 3.8) is 0 Å². The lowest BCUT2D eigenvalue weighted by atomic mass is 10.00. The number of piperidine rings is 1. The van der Waals surface area contributed by atoms with Gasteiger partial charge in [0.1, 0.15) is 6.07 Å². The largest absolute Gasteiger partial charge is 0.493 e. The minimum absolute atomic E-state index is 0.00655. The molecule has 0 radical (unpaired) electrons. The van der Waals surface area contributed by atoms with Gasteiger partial charge >= 0.3 is 0 Å². The molecule has 1 aliphatic rings. The third kappa shape index (κ3) is 3.91. The molecule has 5 heteroatoms. The number of nitriles is 1. The first kappa shape index (κ1) is 16.2. The average Bonchev–Trinajstić information content (AvgIpc) is 2.52. The van der Waals surface area contributed by atoms with Crippen LogP contribution in [0.5, 0.6) is 11.5 Å². The van der Waals surface area contributed by atoms with Crippen molar-refractivity contribution >= 4 is 6.21 Å². The van der Waals surface area contributed by atoms with Gasteiger partial charge in [-0.2, -0.15) is 10.4 Å². The Bertz CT molecular complexity index is 556. The highest BCUT2D eigenvalue weighted by Gasteiger charge is 2.22. The van der Waals surface area contributed by atoms with E-state index in [4.69, 9.17) is 14.7 Å². The van der Waals surface area contributed by atoms with E-state index >= 15 is 0 Å². The van der Waals surface area contributed by atoms with Crippen LogP contribution >= 0.6 is 0 Å². The zero-order valence-corrected chi connectivity index (χ0v) is 13.5. The molecule has 0 aromatic heterocycles. The van der Waals surface area contributed by atoms with Gasteiger partial charge in [-0.3, -0.25) is 5.01 Å². The second kappa shape index (κ2) is 7.69. The molecule has 118 valence electrons. The van der Waals surface area contributed by atoms with Crippen molar-refractivity contribution in [2.45, 2.75) is 45.2 Å². The standard InChI is InChI=1S/C17H23N3O2/c1-13-5-4-6-14(2)20(13)19-12-15-7-8-16(22-10-9-18)17(11-15)21-3/h7-8,11-14H,4-6,10H2,1-3H3/b19-12-/t13-,14+. The Morgan fingerprint density at radius 1 is 1.32 bits per heavy atom. The average molecular weight is 301 g/mol. The first-order chi connectivity index (χ1) is 10.7. The Kier molecular flexibility index (Phi) is 5.65. The normalized spacial score (nSPS) is 21.6. The molecular formula is C17H23N3O2. The molecule has 0 saturated carbocycles. The molecule has 1 saturated heterocycles. The second-order valence-corrected chi connectivity index (χ2v) is 5.61. The molecule has 1 aromatic rings. The number of hydrazone groups is 1. The van der Waals surface area contributed by atoms with Gasteiger partial charge in [0.15, 0.2) is 18.1 Å². The van der Waals surface area contributed by atoms with E-state index in [1.165, 1.54) is 19.3 Å². The van der Waals surface area contributed by atoms with E-state index in [0.29, 0.717) is 23.6 Å². The van der Waals surface area contributed by atoms with E-state index in [1.807, 2.05) is 24.4 Å². The van der Waals surface area contributed by atoms with Crippen LogP contribution in [0.25, 0.3) is 0 Å². The zero-order valence-electron chi connectivity index (χ0n) is 13.5. The van der Waals surface area contributed by atoms with Gasteiger partial charge in [-0.1, -0.05) is 0 Å². The maximum Gasteiger partial charge on any atom is 0.174 e. The van der Waals surface area contributed by atoms with Gasteiger partial charge in [-0.25, -0.2) is 0 Å². The van der Waals surface area contributed by atoms with Crippen LogP contribution in [-0.2, 0) is 0 Å². The fourth-order valence-corrected chi connectivity index (χ4v) is 2.76. The summed E-state index contributed by atoms with van der Waals surface area (Å²) in [5.74, 6) is 1.18. The number of ether oxygens (including phenoxy) is 2. The Morgan fingerprint density at radius 3 is 2.68 bits per heavy atom. The summed E-state index contributed by atoms with van der Waals surface area (Å²) >= 11 is 0. The van der Waals surface area contributed by atoms with Crippen molar-refractivity contribution in [2.24, 2.45) is 5.10 Å². The molecule has 1 aromatic carbocycles. The quantitative estimate of drug-likeness (QED) is 0.784. The monoisotopic (exact) mass is 301 g/mol. The van der Waals surface area contributed by atoms with Gasteiger partial charge in [0, 0.05) is 12.1 Å². The van der Waals surface area contributed by atoms with Crippen LogP contribution in [0.4, 0.5) is 0 Å². The van der Waals surface area contributed by atoms with Crippen molar-refractivity contribution in [3.05, 3.63) is 23.8 Å². The third-order valence-electron chi connectivity index (χ3n) is 3.97. The van der Waals surface area contributed by atoms with Gasteiger partial charge < -0.3 is 9.47 Å². The molecule has 0 bridgehead atoms. The fraction of sp³-hybridized carbons (Fsp3) is 0.529. The van der Waals surface area contributed by atoms with Gasteiger partial charge in [0.25, 0.3) is 0 Å². The first-order valence-corrected chi connectivity index (χ1v) is 7.65. The summed E-state index contributed by atoms with van der Waals surface area (Å²) in [6.07, 6.45) is 5.50. The lowest BCUT2D eigenvalue weighted by Crippen LogP contribution is -2.39. The SMILES string of the molecule is COc1cc(/C=N\N2[C@H](C)CCC[C@@H]2C)ccc1OCC#N. The number of rotatable bonds is 5. The predicted octanol–water partition coefficient (Wildman–Crippen LogP) is 3.19. The Labute approximate surface area is 132 Å². The highest BCUT2D eigenvalue weighted by Crippen LogP contribution is 2.28. The van der Waals surface area contributed by atoms with Crippen LogP contribution in [0.15, 0.2) is 23.3 Å². The van der Waals surface area contributed by atoms with E-state index in [-0.39, 0.29) is 6.61 Å². The van der Waals surface area contributed by atoms with Crippen LogP contribution in [0.1, 0.15) is 38.7 Å². The number of benzene rings is 1. The van der Waals surface area contributed by atoms with E-state index in [1.54, 1.807) is 13.2 Å². The summed E-state index contributed by atoms with van der Waals surface area (Å²) in [5.41, 5.74) is 0.950. The maximum atomic E-state index is 8.58. The Balaban J connectivity index is 2.12. The lowest BCUT2D eigenvalue weighted by Gasteiger charge is -2.36. The van der Waals surface area contributed by atoms with E-state index < -0.39 is 0 Å². The molecule has 0 unspecified atom stereocenters. The van der Waals surface area contributed by atoms with Crippen LogP contribution in [0, 0.1) is 11.3 Å². The van der Waals surface area contributed by atoms with Crippen molar-refractivity contribution < 1.29 is 9.47 Å². The minimum Gasteiger partial charge on any atom is -0.493 e. The number of hydrogen-bond acceptors (Lipinski definition) is 5. The van der Waals surface area contributed by atoms with Gasteiger partial charge in [0.05, 0.1) is 13.3 Å². The maximum absolute atomic E-state index is 8.58. The van der Waals surface area contributed by atoms with Crippen LogP contribution in [0.3, 0.4) is 0 Å². The molecule has 2 atom stereocenters. The van der Waals surface area contributed by atoms with E-state index in [2.05, 4.69) is 24.0 Å². The van der Waals surface area contributed by atoms with Gasteiger partial charge in [0.2, 0.25) is 0 Å². The van der Waals surface area contributed by atoms with Crippen LogP contribution in [0.2, 0.25) is 0 Å². The smallest absolute Gasteiger partial charge is 0.174 e. The second-order valence-electron chi connectivity index (χ2n) is 5.61. The molecule has 2 rings (SSSR count). The first-order valence-electron chi connectivity index (χ1n) is 7.65. The molecule has 1 fully saturated rings. The number of hydrogen-bond donors (Lipinski definition) is 0. The highest BCUT2D eigenvalue weighted by molar-refractivity contribution is 5.80. The molecule has 1 aliphatic heterocycles. The van der Waals surface area contributed by atoms with Crippen molar-refractivity contribution in [1.82, 2.24) is 5.01 Å². The summed E-state index contributed by atoms with van der Waals surface area (Å²) in [6, 6.07) is 8.49. The summed E-state index contributed by atoms with van der Waals surface area (Å²) in [5, 5.41) is 15.4. The molecule has 0 N–H and O–H groups in total. The van der Waals surface area contributed by atoms with Gasteiger partial charge in [-0.15, -0.1) is 0 Å².